The maximum absolute atomic E-state index is 12.6. The molecule has 1 amide bonds. The van der Waals surface area contributed by atoms with Crippen molar-refractivity contribution in [3.05, 3.63) is 95.8 Å². The van der Waals surface area contributed by atoms with E-state index in [2.05, 4.69) is 14.7 Å². The van der Waals surface area contributed by atoms with Gasteiger partial charge in [-0.3, -0.25) is 9.52 Å². The second-order valence-electron chi connectivity index (χ2n) is 7.00. The van der Waals surface area contributed by atoms with Crippen LogP contribution in [-0.2, 0) is 20.6 Å². The number of fused-ring (bicyclic) bond motifs is 1. The van der Waals surface area contributed by atoms with Crippen LogP contribution in [0.3, 0.4) is 0 Å². The first kappa shape index (κ1) is 20.4. The molecule has 0 saturated heterocycles. The lowest BCUT2D eigenvalue weighted by molar-refractivity contribution is -0.112. The van der Waals surface area contributed by atoms with Crippen molar-refractivity contribution in [1.82, 2.24) is 9.97 Å². The SMILES string of the molecule is NC(=O)C(=Cc1c[nH]c2ncc(NS(=O)(=O)Cc3ccccc3)cc12)c1ccccc1. The number of carbonyl (C=O) groups is 1. The number of nitrogens with zero attached hydrogens (tertiary/aromatic N) is 1. The topological polar surface area (TPSA) is 118 Å². The normalized spacial score (nSPS) is 12.1. The van der Waals surface area contributed by atoms with Crippen molar-refractivity contribution in [2.45, 2.75) is 5.75 Å². The number of anilines is 1. The highest BCUT2D eigenvalue weighted by Crippen LogP contribution is 2.26. The number of hydrogen-bond acceptors (Lipinski definition) is 4. The first-order chi connectivity index (χ1) is 14.9. The second-order valence-corrected chi connectivity index (χ2v) is 8.72. The van der Waals surface area contributed by atoms with Crippen LogP contribution in [0.1, 0.15) is 16.7 Å². The molecule has 0 fully saturated rings. The first-order valence-electron chi connectivity index (χ1n) is 9.50. The number of H-pyrrole nitrogens is 1. The van der Waals surface area contributed by atoms with E-state index in [1.54, 1.807) is 54.7 Å². The predicted molar refractivity (Wildman–Crippen MR) is 122 cm³/mol. The highest BCUT2D eigenvalue weighted by molar-refractivity contribution is 7.91. The Labute approximate surface area is 179 Å². The van der Waals surface area contributed by atoms with Crippen LogP contribution in [0.2, 0.25) is 0 Å². The van der Waals surface area contributed by atoms with Crippen LogP contribution in [0.25, 0.3) is 22.7 Å². The second kappa shape index (κ2) is 8.45. The van der Waals surface area contributed by atoms with Gasteiger partial charge in [-0.15, -0.1) is 0 Å². The van der Waals surface area contributed by atoms with Crippen molar-refractivity contribution in [3.63, 3.8) is 0 Å². The molecule has 0 unspecified atom stereocenters. The molecular formula is C23H20N4O3S. The van der Waals surface area contributed by atoms with E-state index in [4.69, 9.17) is 5.73 Å². The molecule has 0 aliphatic heterocycles. The molecule has 8 heteroatoms. The van der Waals surface area contributed by atoms with Crippen LogP contribution in [0, 0.1) is 0 Å². The van der Waals surface area contributed by atoms with Crippen LogP contribution in [-0.4, -0.2) is 24.3 Å². The summed E-state index contributed by atoms with van der Waals surface area (Å²) in [6.45, 7) is 0. The van der Waals surface area contributed by atoms with Crippen LogP contribution < -0.4 is 10.5 Å². The van der Waals surface area contributed by atoms with E-state index in [0.717, 1.165) is 0 Å². The monoisotopic (exact) mass is 432 g/mol. The summed E-state index contributed by atoms with van der Waals surface area (Å²) in [7, 11) is -3.62. The standard InChI is InChI=1S/C23H20N4O3S/c24-22(28)20(17-9-5-2-6-10-17)11-18-13-25-23-21(18)12-19(14-26-23)27-31(29,30)15-16-7-3-1-4-8-16/h1-14,27H,15H2,(H2,24,28)(H,25,26). The van der Waals surface area contributed by atoms with E-state index in [0.29, 0.717) is 39.0 Å². The molecule has 0 aliphatic carbocycles. The Kier molecular flexibility index (Phi) is 5.55. The van der Waals surface area contributed by atoms with Gasteiger partial charge in [0.2, 0.25) is 15.9 Å². The lowest BCUT2D eigenvalue weighted by Crippen LogP contribution is -2.15. The Morgan fingerprint density at radius 2 is 1.74 bits per heavy atom. The molecule has 0 bridgehead atoms. The van der Waals surface area contributed by atoms with Crippen molar-refractivity contribution >= 4 is 44.3 Å². The van der Waals surface area contributed by atoms with Gasteiger partial charge in [-0.1, -0.05) is 60.7 Å². The van der Waals surface area contributed by atoms with Crippen molar-refractivity contribution in [1.29, 1.82) is 0 Å². The number of sulfonamides is 1. The van der Waals surface area contributed by atoms with E-state index in [1.807, 2.05) is 24.3 Å². The average Bonchev–Trinajstić information content (AvgIpc) is 3.14. The molecule has 0 saturated carbocycles. The minimum absolute atomic E-state index is 0.147. The van der Waals surface area contributed by atoms with Crippen LogP contribution in [0.15, 0.2) is 79.1 Å². The molecule has 4 N–H and O–H groups in total. The van der Waals surface area contributed by atoms with Crippen LogP contribution >= 0.6 is 0 Å². The Morgan fingerprint density at radius 3 is 2.42 bits per heavy atom. The lowest BCUT2D eigenvalue weighted by Gasteiger charge is -2.08. The van der Waals surface area contributed by atoms with Crippen LogP contribution in [0.4, 0.5) is 5.69 Å². The molecule has 4 rings (SSSR count). The highest BCUT2D eigenvalue weighted by atomic mass is 32.2. The Bertz CT molecular complexity index is 1360. The molecule has 2 aromatic carbocycles. The van der Waals surface area contributed by atoms with Gasteiger partial charge in [0.15, 0.2) is 0 Å². The summed E-state index contributed by atoms with van der Waals surface area (Å²) in [5.74, 6) is -0.709. The zero-order valence-corrected chi connectivity index (χ0v) is 17.3. The van der Waals surface area contributed by atoms with Gasteiger partial charge >= 0.3 is 0 Å². The third-order valence-corrected chi connectivity index (χ3v) is 5.95. The van der Waals surface area contributed by atoms with E-state index in [9.17, 15) is 13.2 Å². The summed E-state index contributed by atoms with van der Waals surface area (Å²) in [4.78, 5) is 19.3. The molecular weight excluding hydrogens is 412 g/mol. The van der Waals surface area contributed by atoms with Crippen molar-refractivity contribution < 1.29 is 13.2 Å². The minimum Gasteiger partial charge on any atom is -0.366 e. The Balaban J connectivity index is 1.67. The Morgan fingerprint density at radius 1 is 1.06 bits per heavy atom. The number of benzene rings is 2. The van der Waals surface area contributed by atoms with Gasteiger partial charge in [0.25, 0.3) is 0 Å². The molecule has 0 aliphatic rings. The maximum Gasteiger partial charge on any atom is 0.249 e. The zero-order chi connectivity index (χ0) is 21.8. The number of aromatic nitrogens is 2. The predicted octanol–water partition coefficient (Wildman–Crippen LogP) is 3.53. The summed E-state index contributed by atoms with van der Waals surface area (Å²) < 4.78 is 27.7. The number of nitrogens with two attached hydrogens (primary N) is 1. The fraction of sp³-hybridized carbons (Fsp3) is 0.0435. The maximum atomic E-state index is 12.6. The molecule has 2 aromatic heterocycles. The molecule has 0 atom stereocenters. The molecule has 4 aromatic rings. The number of pyridine rings is 1. The van der Waals surface area contributed by atoms with E-state index in [-0.39, 0.29) is 5.75 Å². The summed E-state index contributed by atoms with van der Waals surface area (Å²) in [6.07, 6.45) is 4.81. The van der Waals surface area contributed by atoms with Crippen molar-refractivity contribution in [2.75, 3.05) is 4.72 Å². The summed E-state index contributed by atoms with van der Waals surface area (Å²) in [6, 6.07) is 19.7. The van der Waals surface area contributed by atoms with Gasteiger partial charge < -0.3 is 10.7 Å². The third kappa shape index (κ3) is 4.81. The van der Waals surface area contributed by atoms with Gasteiger partial charge in [-0.25, -0.2) is 13.4 Å². The average molecular weight is 433 g/mol. The number of carbonyl (C=O) groups excluding carboxylic acids is 1. The molecule has 0 spiro atoms. The molecule has 7 nitrogen and oxygen atoms in total. The quantitative estimate of drug-likeness (QED) is 0.387. The summed E-state index contributed by atoms with van der Waals surface area (Å²) in [5.41, 5.74) is 8.88. The Hall–Kier alpha value is -3.91. The smallest absolute Gasteiger partial charge is 0.249 e. The van der Waals surface area contributed by atoms with E-state index < -0.39 is 15.9 Å². The zero-order valence-electron chi connectivity index (χ0n) is 16.4. The van der Waals surface area contributed by atoms with Gasteiger partial charge in [0.05, 0.1) is 17.6 Å². The summed E-state index contributed by atoms with van der Waals surface area (Å²) in [5, 5.41) is 0.662. The van der Waals surface area contributed by atoms with E-state index in [1.165, 1.54) is 6.20 Å². The number of aromatic amines is 1. The number of rotatable bonds is 7. The van der Waals surface area contributed by atoms with E-state index >= 15 is 0 Å². The highest BCUT2D eigenvalue weighted by Gasteiger charge is 2.14. The third-order valence-electron chi connectivity index (χ3n) is 4.69. The molecule has 156 valence electrons. The molecule has 2 heterocycles. The van der Waals surface area contributed by atoms with Crippen LogP contribution in [0.5, 0.6) is 0 Å². The first-order valence-corrected chi connectivity index (χ1v) is 11.1. The van der Waals surface area contributed by atoms with Gasteiger partial charge in [0, 0.05) is 22.7 Å². The molecule has 0 radical (unpaired) electrons. The number of primary amides is 1. The van der Waals surface area contributed by atoms with Crippen molar-refractivity contribution in [2.24, 2.45) is 5.73 Å². The minimum atomic E-state index is -3.62. The lowest BCUT2D eigenvalue weighted by atomic mass is 10.0. The van der Waals surface area contributed by atoms with Gasteiger partial charge in [-0.05, 0) is 23.3 Å². The fourth-order valence-electron chi connectivity index (χ4n) is 3.28. The fourth-order valence-corrected chi connectivity index (χ4v) is 4.45. The summed E-state index contributed by atoms with van der Waals surface area (Å²) >= 11 is 0. The van der Waals surface area contributed by atoms with Crippen molar-refractivity contribution in [3.8, 4) is 0 Å². The van der Waals surface area contributed by atoms with Gasteiger partial charge in [0.1, 0.15) is 5.65 Å². The van der Waals surface area contributed by atoms with Gasteiger partial charge in [-0.2, -0.15) is 0 Å². The largest absolute Gasteiger partial charge is 0.366 e. The number of amides is 1. The molecule has 31 heavy (non-hydrogen) atoms. The number of hydrogen-bond donors (Lipinski definition) is 3. The number of nitrogens with one attached hydrogen (secondary N) is 2.